The molecule has 1 aliphatic rings. The van der Waals surface area contributed by atoms with E-state index in [0.29, 0.717) is 28.8 Å². The molecule has 1 saturated carbocycles. The van der Waals surface area contributed by atoms with Gasteiger partial charge in [0.2, 0.25) is 0 Å². The molecule has 0 aliphatic heterocycles. The summed E-state index contributed by atoms with van der Waals surface area (Å²) in [4.78, 5) is 35.5. The van der Waals surface area contributed by atoms with Crippen LogP contribution in [0.15, 0.2) is 46.9 Å². The van der Waals surface area contributed by atoms with Gasteiger partial charge in [-0.25, -0.2) is 0 Å². The number of carbonyl (C=O) groups excluding carboxylic acids is 3. The monoisotopic (exact) mass is 416 g/mol. The lowest BCUT2D eigenvalue weighted by Gasteiger charge is -2.12. The molecule has 0 bridgehead atoms. The van der Waals surface area contributed by atoms with Crippen molar-refractivity contribution >= 4 is 39.7 Å². The Balaban J connectivity index is 1.63. The van der Waals surface area contributed by atoms with Crippen LogP contribution in [-0.2, 0) is 4.79 Å². The third-order valence-electron chi connectivity index (χ3n) is 3.82. The van der Waals surface area contributed by atoms with Gasteiger partial charge in [-0.1, -0.05) is 28.1 Å². The fourth-order valence-corrected chi connectivity index (χ4v) is 2.73. The highest BCUT2D eigenvalue weighted by Crippen LogP contribution is 2.23. The van der Waals surface area contributed by atoms with Crippen LogP contribution in [0.4, 0.5) is 5.69 Å². The van der Waals surface area contributed by atoms with E-state index in [0.717, 1.165) is 17.3 Å². The molecule has 6 nitrogen and oxygen atoms in total. The first kappa shape index (κ1) is 18.1. The minimum absolute atomic E-state index is 0.208. The summed E-state index contributed by atoms with van der Waals surface area (Å²) >= 11 is 3.27. The van der Waals surface area contributed by atoms with Gasteiger partial charge in [0.15, 0.2) is 12.9 Å². The molecule has 0 atom stereocenters. The highest BCUT2D eigenvalue weighted by Gasteiger charge is 2.25. The molecule has 0 spiro atoms. The van der Waals surface area contributed by atoms with E-state index in [1.165, 1.54) is 0 Å². The maximum atomic E-state index is 12.3. The van der Waals surface area contributed by atoms with E-state index in [1.807, 2.05) is 0 Å². The Kier molecular flexibility index (Phi) is 5.68. The summed E-state index contributed by atoms with van der Waals surface area (Å²) < 4.78 is 6.17. The van der Waals surface area contributed by atoms with Crippen molar-refractivity contribution in [3.63, 3.8) is 0 Å². The lowest BCUT2D eigenvalue weighted by atomic mass is 10.1. The largest absolute Gasteiger partial charge is 0.483 e. The van der Waals surface area contributed by atoms with Crippen LogP contribution in [0.1, 0.15) is 33.6 Å². The fourth-order valence-electron chi connectivity index (χ4n) is 2.35. The number of aldehydes is 1. The Labute approximate surface area is 159 Å². The molecular formula is C19H17BrN2O4. The van der Waals surface area contributed by atoms with E-state index in [2.05, 4.69) is 26.6 Å². The summed E-state index contributed by atoms with van der Waals surface area (Å²) in [5.41, 5.74) is 1.17. The van der Waals surface area contributed by atoms with Crippen molar-refractivity contribution in [1.29, 1.82) is 0 Å². The Morgan fingerprint density at radius 1 is 1.19 bits per heavy atom. The van der Waals surface area contributed by atoms with Crippen LogP contribution in [0.25, 0.3) is 0 Å². The summed E-state index contributed by atoms with van der Waals surface area (Å²) in [6, 6.07) is 12.0. The van der Waals surface area contributed by atoms with E-state index >= 15 is 0 Å². The minimum atomic E-state index is -0.420. The number of anilines is 1. The van der Waals surface area contributed by atoms with Crippen LogP contribution in [0.3, 0.4) is 0 Å². The second-order valence-corrected chi connectivity index (χ2v) is 6.85. The molecule has 2 aromatic rings. The highest BCUT2D eigenvalue weighted by molar-refractivity contribution is 9.10. The van der Waals surface area contributed by atoms with E-state index in [1.54, 1.807) is 42.5 Å². The first-order valence-electron chi connectivity index (χ1n) is 8.14. The van der Waals surface area contributed by atoms with E-state index in [-0.39, 0.29) is 18.6 Å². The second kappa shape index (κ2) is 8.14. The summed E-state index contributed by atoms with van der Waals surface area (Å²) in [6.45, 7) is -0.277. The average Bonchev–Trinajstić information content (AvgIpc) is 3.45. The highest BCUT2D eigenvalue weighted by atomic mass is 79.9. The van der Waals surface area contributed by atoms with Gasteiger partial charge in [-0.2, -0.15) is 0 Å². The Morgan fingerprint density at radius 3 is 2.69 bits per heavy atom. The van der Waals surface area contributed by atoms with Gasteiger partial charge in [0.1, 0.15) is 5.75 Å². The first-order chi connectivity index (χ1) is 12.6. The quantitative estimate of drug-likeness (QED) is 0.678. The lowest BCUT2D eigenvalue weighted by molar-refractivity contribution is -0.118. The number of amides is 2. The van der Waals surface area contributed by atoms with Crippen LogP contribution in [0.5, 0.6) is 5.75 Å². The number of para-hydroxylation sites is 1. The van der Waals surface area contributed by atoms with Gasteiger partial charge >= 0.3 is 0 Å². The van der Waals surface area contributed by atoms with Crippen LogP contribution in [-0.4, -0.2) is 30.7 Å². The zero-order chi connectivity index (χ0) is 18.5. The molecule has 0 radical (unpaired) electrons. The van der Waals surface area contributed by atoms with Gasteiger partial charge in [0.05, 0.1) is 16.8 Å². The maximum Gasteiger partial charge on any atom is 0.262 e. The van der Waals surface area contributed by atoms with Crippen LogP contribution >= 0.6 is 15.9 Å². The lowest BCUT2D eigenvalue weighted by Crippen LogP contribution is -2.28. The number of nitrogens with one attached hydrogen (secondary N) is 2. The zero-order valence-electron chi connectivity index (χ0n) is 13.8. The normalized spacial score (nSPS) is 13.0. The van der Waals surface area contributed by atoms with Gasteiger partial charge in [0.25, 0.3) is 11.8 Å². The van der Waals surface area contributed by atoms with E-state index in [9.17, 15) is 14.4 Å². The average molecular weight is 417 g/mol. The molecule has 7 heteroatoms. The van der Waals surface area contributed by atoms with Crippen molar-refractivity contribution in [3.05, 3.63) is 58.1 Å². The molecule has 0 aromatic heterocycles. The third kappa shape index (κ3) is 4.70. The molecule has 2 N–H and O–H groups in total. The van der Waals surface area contributed by atoms with Gasteiger partial charge in [0, 0.05) is 10.5 Å². The van der Waals surface area contributed by atoms with Crippen molar-refractivity contribution in [2.75, 3.05) is 11.9 Å². The van der Waals surface area contributed by atoms with E-state index < -0.39 is 5.91 Å². The number of carbonyl (C=O) groups is 3. The molecule has 1 aliphatic carbocycles. The number of rotatable bonds is 7. The summed E-state index contributed by atoms with van der Waals surface area (Å²) in [6.07, 6.45) is 2.64. The number of benzene rings is 2. The summed E-state index contributed by atoms with van der Waals surface area (Å²) in [5.74, 6) is -0.310. The van der Waals surface area contributed by atoms with Crippen molar-refractivity contribution in [2.45, 2.75) is 18.9 Å². The predicted molar refractivity (Wildman–Crippen MR) is 101 cm³/mol. The molecule has 3 rings (SSSR count). The molecular weight excluding hydrogens is 400 g/mol. The van der Waals surface area contributed by atoms with E-state index in [4.69, 9.17) is 4.74 Å². The molecule has 134 valence electrons. The predicted octanol–water partition coefficient (Wildman–Crippen LogP) is 3.17. The second-order valence-electron chi connectivity index (χ2n) is 5.93. The van der Waals surface area contributed by atoms with Crippen LogP contribution < -0.4 is 15.4 Å². The fraction of sp³-hybridized carbons (Fsp3) is 0.211. The van der Waals surface area contributed by atoms with Crippen molar-refractivity contribution in [2.24, 2.45) is 0 Å². The maximum absolute atomic E-state index is 12.3. The number of ether oxygens (including phenoxy) is 1. The van der Waals surface area contributed by atoms with Crippen molar-refractivity contribution in [1.82, 2.24) is 5.32 Å². The van der Waals surface area contributed by atoms with Crippen LogP contribution in [0.2, 0.25) is 0 Å². The number of hydrogen-bond acceptors (Lipinski definition) is 4. The Morgan fingerprint density at radius 2 is 1.96 bits per heavy atom. The number of hydrogen-bond donors (Lipinski definition) is 2. The summed E-state index contributed by atoms with van der Waals surface area (Å²) in [7, 11) is 0. The molecule has 2 aromatic carbocycles. The summed E-state index contributed by atoms with van der Waals surface area (Å²) in [5, 5.41) is 5.58. The first-order valence-corrected chi connectivity index (χ1v) is 8.93. The van der Waals surface area contributed by atoms with Gasteiger partial charge in [-0.15, -0.1) is 0 Å². The topological polar surface area (TPSA) is 84.5 Å². The minimum Gasteiger partial charge on any atom is -0.483 e. The molecule has 0 heterocycles. The van der Waals surface area contributed by atoms with Gasteiger partial charge in [-0.05, 0) is 43.2 Å². The zero-order valence-corrected chi connectivity index (χ0v) is 15.4. The van der Waals surface area contributed by atoms with Crippen molar-refractivity contribution < 1.29 is 19.1 Å². The molecule has 0 unspecified atom stereocenters. The molecule has 26 heavy (non-hydrogen) atoms. The standard InChI is InChI=1S/C19H17BrN2O4/c20-13-5-8-17(12(9-13)10-23)26-11-18(24)22-16-4-2-1-3-15(16)19(25)21-14-6-7-14/h1-5,8-10,14H,6-7,11H2,(H,21,25)(H,22,24). The molecule has 0 saturated heterocycles. The van der Waals surface area contributed by atoms with Gasteiger partial charge in [-0.3, -0.25) is 14.4 Å². The van der Waals surface area contributed by atoms with Crippen molar-refractivity contribution in [3.8, 4) is 5.75 Å². The Hall–Kier alpha value is -2.67. The third-order valence-corrected chi connectivity index (χ3v) is 4.31. The van der Waals surface area contributed by atoms with Crippen LogP contribution in [0, 0.1) is 0 Å². The SMILES string of the molecule is O=Cc1cc(Br)ccc1OCC(=O)Nc1ccccc1C(=O)NC1CC1. The van der Waals surface area contributed by atoms with Gasteiger partial charge < -0.3 is 15.4 Å². The molecule has 2 amide bonds. The smallest absolute Gasteiger partial charge is 0.262 e. The number of halogens is 1. The Bertz CT molecular complexity index is 849. The molecule has 1 fully saturated rings.